The van der Waals surface area contributed by atoms with Gasteiger partial charge in [-0.05, 0) is 29.9 Å². The number of nitrogens with one attached hydrogen (secondary N) is 3. The van der Waals surface area contributed by atoms with Gasteiger partial charge in [0.1, 0.15) is 12.1 Å². The van der Waals surface area contributed by atoms with Crippen molar-refractivity contribution < 1.29 is 24.2 Å². The summed E-state index contributed by atoms with van der Waals surface area (Å²) in [5.41, 5.74) is 7.74. The quantitative estimate of drug-likeness (QED) is 0.206. The van der Waals surface area contributed by atoms with E-state index in [0.29, 0.717) is 18.6 Å². The highest BCUT2D eigenvalue weighted by Gasteiger charge is 2.29. The van der Waals surface area contributed by atoms with E-state index < -0.39 is 30.1 Å². The number of carbonyl (C=O) groups excluding carboxylic acids is 2. The van der Waals surface area contributed by atoms with E-state index in [-0.39, 0.29) is 30.9 Å². The van der Waals surface area contributed by atoms with Crippen LogP contribution >= 0.6 is 11.8 Å². The lowest BCUT2D eigenvalue weighted by Crippen LogP contribution is -2.52. The minimum atomic E-state index is -1.09. The number of hydrogen-bond donors (Lipinski definition) is 5. The maximum absolute atomic E-state index is 13.2. The van der Waals surface area contributed by atoms with Crippen molar-refractivity contribution in [2.45, 2.75) is 63.8 Å². The number of aliphatic carboxylic acids is 1. The highest BCUT2D eigenvalue weighted by molar-refractivity contribution is 7.98. The topological polar surface area (TPSA) is 159 Å². The number of imidazole rings is 1. The van der Waals surface area contributed by atoms with Crippen LogP contribution in [0.1, 0.15) is 37.9 Å². The van der Waals surface area contributed by atoms with Gasteiger partial charge < -0.3 is 31.2 Å². The van der Waals surface area contributed by atoms with E-state index >= 15 is 0 Å². The van der Waals surface area contributed by atoms with Gasteiger partial charge in [-0.2, -0.15) is 11.8 Å². The number of nitrogens with zero attached hydrogens (tertiary/aromatic N) is 1. The lowest BCUT2D eigenvalue weighted by molar-refractivity contribution is -0.144. The fourth-order valence-corrected chi connectivity index (χ4v) is 4.15. The van der Waals surface area contributed by atoms with Crippen LogP contribution in [0.3, 0.4) is 0 Å². The summed E-state index contributed by atoms with van der Waals surface area (Å²) in [5.74, 6) is -1.26. The second-order valence-corrected chi connectivity index (χ2v) is 10.1. The average Bonchev–Trinajstić information content (AvgIpc) is 3.40. The summed E-state index contributed by atoms with van der Waals surface area (Å²) >= 11 is 1.51. The molecular formula is C26H39N5O5S. The van der Waals surface area contributed by atoms with Gasteiger partial charge in [-0.25, -0.2) is 9.78 Å². The number of nitrogens with two attached hydrogens (primary N) is 1. The molecule has 2 aromatic rings. The fourth-order valence-electron chi connectivity index (χ4n) is 3.68. The molecule has 0 saturated heterocycles. The number of hydrogen-bond acceptors (Lipinski definition) is 7. The number of aromatic amines is 1. The number of H-pyrrole nitrogens is 1. The van der Waals surface area contributed by atoms with Gasteiger partial charge in [-0.3, -0.25) is 9.59 Å². The monoisotopic (exact) mass is 533 g/mol. The molecule has 1 aromatic carbocycles. The molecule has 2 rings (SSSR count). The van der Waals surface area contributed by atoms with Gasteiger partial charge in [0, 0.05) is 24.7 Å². The number of carbonyl (C=O) groups is 3. The Morgan fingerprint density at radius 1 is 1.16 bits per heavy atom. The van der Waals surface area contributed by atoms with Crippen LogP contribution in [0, 0.1) is 5.92 Å². The Kier molecular flexibility index (Phi) is 13.2. The van der Waals surface area contributed by atoms with Crippen molar-refractivity contribution in [3.05, 3.63) is 54.1 Å². The van der Waals surface area contributed by atoms with E-state index in [0.717, 1.165) is 17.7 Å². The van der Waals surface area contributed by atoms with Crippen molar-refractivity contribution >= 4 is 29.5 Å². The van der Waals surface area contributed by atoms with E-state index in [2.05, 4.69) is 20.6 Å². The number of ether oxygens (including phenoxy) is 1. The summed E-state index contributed by atoms with van der Waals surface area (Å²) < 4.78 is 6.08. The molecule has 37 heavy (non-hydrogen) atoms. The lowest BCUT2D eigenvalue weighted by atomic mass is 9.99. The molecular weight excluding hydrogens is 494 g/mol. The molecule has 5 atom stereocenters. The van der Waals surface area contributed by atoms with Crippen molar-refractivity contribution in [2.75, 3.05) is 18.6 Å². The molecule has 11 heteroatoms. The van der Waals surface area contributed by atoms with Crippen LogP contribution < -0.4 is 16.4 Å². The minimum Gasteiger partial charge on any atom is -0.480 e. The van der Waals surface area contributed by atoms with E-state index in [9.17, 15) is 19.5 Å². The summed E-state index contributed by atoms with van der Waals surface area (Å²) in [4.78, 5) is 44.5. The van der Waals surface area contributed by atoms with Crippen molar-refractivity contribution in [3.8, 4) is 0 Å². The van der Waals surface area contributed by atoms with Crippen LogP contribution in [0.15, 0.2) is 42.9 Å². The predicted octanol–water partition coefficient (Wildman–Crippen LogP) is 1.76. The molecule has 0 spiro atoms. The normalized spacial score (nSPS) is 15.2. The maximum Gasteiger partial charge on any atom is 0.326 e. The van der Waals surface area contributed by atoms with Crippen molar-refractivity contribution in [1.82, 2.24) is 20.6 Å². The third-order valence-corrected chi connectivity index (χ3v) is 6.89. The SMILES string of the molecule is CC[C@H](C)[C@@H](CO[C@@H](Cc1ccccc1)C(=O)N[C@@H](CCSC)C(=O)O)NC(=O)[C@@H](N)Cc1cnc[nH]1. The molecule has 0 aliphatic carbocycles. The van der Waals surface area contributed by atoms with Crippen molar-refractivity contribution in [2.24, 2.45) is 11.7 Å². The van der Waals surface area contributed by atoms with E-state index in [1.807, 2.05) is 50.4 Å². The first-order valence-electron chi connectivity index (χ1n) is 12.5. The smallest absolute Gasteiger partial charge is 0.326 e. The summed E-state index contributed by atoms with van der Waals surface area (Å²) in [7, 11) is 0. The summed E-state index contributed by atoms with van der Waals surface area (Å²) in [6, 6.07) is 7.21. The standard InChI is InChI=1S/C26H39N5O5S/c1-4-17(2)22(31-24(32)20(27)13-19-14-28-16-29-19)15-36-23(12-18-8-6-5-7-9-18)25(33)30-21(26(34)35)10-11-37-3/h5-9,14,16-17,20-23H,4,10-13,15,27H2,1-3H3,(H,28,29)(H,30,33)(H,31,32)(H,34,35)/t17-,20-,21-,22+,23-/m0/s1. The molecule has 0 saturated carbocycles. The zero-order valence-electron chi connectivity index (χ0n) is 21.7. The van der Waals surface area contributed by atoms with E-state index in [1.54, 1.807) is 6.20 Å². The molecule has 2 amide bonds. The molecule has 6 N–H and O–H groups in total. The molecule has 1 heterocycles. The molecule has 0 unspecified atom stereocenters. The second-order valence-electron chi connectivity index (χ2n) is 9.08. The Morgan fingerprint density at radius 2 is 1.89 bits per heavy atom. The molecule has 0 radical (unpaired) electrons. The average molecular weight is 534 g/mol. The number of carboxylic acids is 1. The number of benzene rings is 1. The third-order valence-electron chi connectivity index (χ3n) is 6.25. The third kappa shape index (κ3) is 10.6. The molecule has 0 fully saturated rings. The van der Waals surface area contributed by atoms with Crippen LogP contribution in [0.4, 0.5) is 0 Å². The molecule has 1 aromatic heterocycles. The zero-order chi connectivity index (χ0) is 27.2. The number of aromatic nitrogens is 2. The number of rotatable bonds is 17. The van der Waals surface area contributed by atoms with Crippen LogP contribution in [-0.2, 0) is 32.0 Å². The van der Waals surface area contributed by atoms with Gasteiger partial charge in [0.15, 0.2) is 0 Å². The van der Waals surface area contributed by atoms with Gasteiger partial charge in [-0.15, -0.1) is 0 Å². The Morgan fingerprint density at radius 3 is 2.49 bits per heavy atom. The minimum absolute atomic E-state index is 0.0529. The largest absolute Gasteiger partial charge is 0.480 e. The van der Waals surface area contributed by atoms with Crippen molar-refractivity contribution in [3.63, 3.8) is 0 Å². The summed E-state index contributed by atoms with van der Waals surface area (Å²) in [6.07, 6.45) is 5.76. The highest BCUT2D eigenvalue weighted by Crippen LogP contribution is 2.13. The first-order valence-corrected chi connectivity index (χ1v) is 13.8. The first-order chi connectivity index (χ1) is 17.7. The highest BCUT2D eigenvalue weighted by atomic mass is 32.2. The van der Waals surface area contributed by atoms with Crippen LogP contribution in [0.25, 0.3) is 0 Å². The number of carboxylic acid groups (broad SMARTS) is 1. The Balaban J connectivity index is 2.11. The van der Waals surface area contributed by atoms with E-state index in [1.165, 1.54) is 18.1 Å². The zero-order valence-corrected chi connectivity index (χ0v) is 22.5. The molecule has 0 bridgehead atoms. The van der Waals surface area contributed by atoms with Gasteiger partial charge in [-0.1, -0.05) is 50.6 Å². The second kappa shape index (κ2) is 16.1. The lowest BCUT2D eigenvalue weighted by Gasteiger charge is -2.28. The summed E-state index contributed by atoms with van der Waals surface area (Å²) in [6.45, 7) is 4.07. The predicted molar refractivity (Wildman–Crippen MR) is 144 cm³/mol. The maximum atomic E-state index is 13.2. The Bertz CT molecular complexity index is 960. The first kappa shape index (κ1) is 30.3. The van der Waals surface area contributed by atoms with Crippen molar-refractivity contribution in [1.29, 1.82) is 0 Å². The molecule has 10 nitrogen and oxygen atoms in total. The molecule has 0 aliphatic heterocycles. The number of thioether (sulfide) groups is 1. The molecule has 0 aliphatic rings. The Hall–Kier alpha value is -2.89. The van der Waals surface area contributed by atoms with Gasteiger partial charge >= 0.3 is 5.97 Å². The van der Waals surface area contributed by atoms with E-state index in [4.69, 9.17) is 10.5 Å². The van der Waals surface area contributed by atoms with Gasteiger partial charge in [0.05, 0.1) is 25.0 Å². The van der Waals surface area contributed by atoms with Crippen LogP contribution in [-0.4, -0.2) is 75.7 Å². The Labute approximate surface area is 222 Å². The number of amides is 2. The fraction of sp³-hybridized carbons (Fsp3) is 0.538. The van der Waals surface area contributed by atoms with Gasteiger partial charge in [0.2, 0.25) is 11.8 Å². The van der Waals surface area contributed by atoms with Crippen LogP contribution in [0.5, 0.6) is 0 Å². The van der Waals surface area contributed by atoms with Gasteiger partial charge in [0.25, 0.3) is 0 Å². The summed E-state index contributed by atoms with van der Waals surface area (Å²) in [5, 5.41) is 15.2. The molecule has 204 valence electrons. The van der Waals surface area contributed by atoms with Crippen LogP contribution in [0.2, 0.25) is 0 Å².